The molecule has 2 amide bonds. The van der Waals surface area contributed by atoms with Crippen LogP contribution in [0.5, 0.6) is 0 Å². The Morgan fingerprint density at radius 1 is 1.33 bits per heavy atom. The number of aromatic nitrogens is 1. The van der Waals surface area contributed by atoms with Gasteiger partial charge in [-0.05, 0) is 23.6 Å². The van der Waals surface area contributed by atoms with Gasteiger partial charge in [0, 0.05) is 5.69 Å². The Bertz CT molecular complexity index is 717. The van der Waals surface area contributed by atoms with Crippen molar-refractivity contribution in [2.45, 2.75) is 26.8 Å². The highest BCUT2D eigenvalue weighted by Gasteiger charge is 2.40. The Balaban J connectivity index is 1.99. The second kappa shape index (κ2) is 4.80. The first-order valence-corrected chi connectivity index (χ1v) is 7.68. The highest BCUT2D eigenvalue weighted by atomic mass is 32.1. The van der Waals surface area contributed by atoms with Crippen molar-refractivity contribution in [2.24, 2.45) is 5.41 Å². The van der Waals surface area contributed by atoms with E-state index < -0.39 is 6.04 Å². The first kappa shape index (κ1) is 14.0. The van der Waals surface area contributed by atoms with E-state index in [1.165, 1.54) is 11.3 Å². The van der Waals surface area contributed by atoms with Crippen LogP contribution in [0.25, 0.3) is 10.2 Å². The van der Waals surface area contributed by atoms with Gasteiger partial charge in [-0.2, -0.15) is 0 Å². The van der Waals surface area contributed by atoms with Crippen molar-refractivity contribution >= 4 is 39.1 Å². The first-order chi connectivity index (χ1) is 9.86. The van der Waals surface area contributed by atoms with Crippen molar-refractivity contribution in [3.05, 3.63) is 23.7 Å². The van der Waals surface area contributed by atoms with Gasteiger partial charge in [-0.3, -0.25) is 9.59 Å². The van der Waals surface area contributed by atoms with Crippen LogP contribution in [0.2, 0.25) is 0 Å². The molecule has 1 saturated heterocycles. The minimum atomic E-state index is -0.504. The summed E-state index contributed by atoms with van der Waals surface area (Å²) in [7, 11) is 0. The molecule has 3 rings (SSSR count). The molecule has 6 heteroatoms. The molecule has 2 heterocycles. The summed E-state index contributed by atoms with van der Waals surface area (Å²) >= 11 is 1.52. The van der Waals surface area contributed by atoms with E-state index in [4.69, 9.17) is 0 Å². The predicted molar refractivity (Wildman–Crippen MR) is 83.4 cm³/mol. The first-order valence-electron chi connectivity index (χ1n) is 6.80. The number of amides is 2. The summed E-state index contributed by atoms with van der Waals surface area (Å²) in [6.45, 7) is 5.92. The van der Waals surface area contributed by atoms with Crippen LogP contribution in [-0.2, 0) is 9.59 Å². The SMILES string of the molecule is CC(C)(C)C1NC(=O)CN(c2ccc3ncsc3c2)C1=O. The molecule has 1 atom stereocenters. The van der Waals surface area contributed by atoms with Gasteiger partial charge >= 0.3 is 0 Å². The Morgan fingerprint density at radius 3 is 2.81 bits per heavy atom. The lowest BCUT2D eigenvalue weighted by atomic mass is 9.84. The number of benzene rings is 1. The average molecular weight is 303 g/mol. The molecule has 1 aliphatic heterocycles. The van der Waals surface area contributed by atoms with Gasteiger partial charge in [0.15, 0.2) is 0 Å². The van der Waals surface area contributed by atoms with Crippen LogP contribution in [0, 0.1) is 5.41 Å². The monoisotopic (exact) mass is 303 g/mol. The second-order valence-corrected chi connectivity index (χ2v) is 7.18. The molecule has 1 unspecified atom stereocenters. The van der Waals surface area contributed by atoms with Gasteiger partial charge in [0.2, 0.25) is 5.91 Å². The van der Waals surface area contributed by atoms with Crippen LogP contribution in [0.15, 0.2) is 23.7 Å². The quantitative estimate of drug-likeness (QED) is 0.878. The van der Waals surface area contributed by atoms with Crippen molar-refractivity contribution in [2.75, 3.05) is 11.4 Å². The Labute approximate surface area is 127 Å². The third-order valence-electron chi connectivity index (χ3n) is 3.61. The molecule has 0 radical (unpaired) electrons. The summed E-state index contributed by atoms with van der Waals surface area (Å²) in [4.78, 5) is 30.4. The number of anilines is 1. The summed E-state index contributed by atoms with van der Waals surface area (Å²) in [5.41, 5.74) is 3.11. The summed E-state index contributed by atoms with van der Waals surface area (Å²) in [6, 6.07) is 5.14. The molecular weight excluding hydrogens is 286 g/mol. The molecule has 1 aromatic heterocycles. The normalized spacial score (nSPS) is 20.0. The van der Waals surface area contributed by atoms with Crippen LogP contribution in [0.1, 0.15) is 20.8 Å². The molecule has 1 aromatic carbocycles. The predicted octanol–water partition coefficient (Wildman–Crippen LogP) is 2.17. The van der Waals surface area contributed by atoms with Crippen molar-refractivity contribution in [3.63, 3.8) is 0 Å². The van der Waals surface area contributed by atoms with Crippen LogP contribution >= 0.6 is 11.3 Å². The largest absolute Gasteiger partial charge is 0.342 e. The van der Waals surface area contributed by atoms with Crippen LogP contribution in [0.3, 0.4) is 0 Å². The summed E-state index contributed by atoms with van der Waals surface area (Å²) in [6.07, 6.45) is 0. The van der Waals surface area contributed by atoms with Gasteiger partial charge in [-0.15, -0.1) is 11.3 Å². The van der Waals surface area contributed by atoms with Crippen molar-refractivity contribution < 1.29 is 9.59 Å². The Hall–Kier alpha value is -1.95. The summed E-state index contributed by atoms with van der Waals surface area (Å²) in [5, 5.41) is 2.80. The van der Waals surface area contributed by atoms with Crippen LogP contribution < -0.4 is 10.2 Å². The van der Waals surface area contributed by atoms with E-state index in [9.17, 15) is 9.59 Å². The highest BCUT2D eigenvalue weighted by Crippen LogP contribution is 2.29. The third-order valence-corrected chi connectivity index (χ3v) is 4.40. The zero-order chi connectivity index (χ0) is 15.2. The molecule has 0 saturated carbocycles. The van der Waals surface area contributed by atoms with E-state index in [-0.39, 0.29) is 23.8 Å². The van der Waals surface area contributed by atoms with Gasteiger partial charge in [-0.25, -0.2) is 4.98 Å². The molecule has 21 heavy (non-hydrogen) atoms. The zero-order valence-corrected chi connectivity index (χ0v) is 13.0. The zero-order valence-electron chi connectivity index (χ0n) is 12.2. The van der Waals surface area contributed by atoms with Gasteiger partial charge < -0.3 is 10.2 Å². The number of fused-ring (bicyclic) bond motifs is 1. The highest BCUT2D eigenvalue weighted by molar-refractivity contribution is 7.16. The van der Waals surface area contributed by atoms with E-state index in [1.54, 1.807) is 10.4 Å². The van der Waals surface area contributed by atoms with Gasteiger partial charge in [0.1, 0.15) is 12.6 Å². The number of piperazine rings is 1. The molecule has 2 aromatic rings. The maximum atomic E-state index is 12.7. The average Bonchev–Trinajstić information content (AvgIpc) is 2.87. The number of thiazole rings is 1. The third kappa shape index (κ3) is 2.51. The summed E-state index contributed by atoms with van der Waals surface area (Å²) < 4.78 is 1.01. The minimum Gasteiger partial charge on any atom is -0.342 e. The van der Waals surface area contributed by atoms with E-state index in [0.717, 1.165) is 15.9 Å². The van der Waals surface area contributed by atoms with Crippen molar-refractivity contribution in [1.29, 1.82) is 0 Å². The van der Waals surface area contributed by atoms with E-state index >= 15 is 0 Å². The van der Waals surface area contributed by atoms with Gasteiger partial charge in [0.05, 0.1) is 15.7 Å². The smallest absolute Gasteiger partial charge is 0.250 e. The fraction of sp³-hybridized carbons (Fsp3) is 0.400. The number of nitrogens with one attached hydrogen (secondary N) is 1. The molecule has 110 valence electrons. The number of hydrogen-bond acceptors (Lipinski definition) is 4. The lowest BCUT2D eigenvalue weighted by molar-refractivity contribution is -0.133. The molecule has 1 fully saturated rings. The van der Waals surface area contributed by atoms with E-state index in [0.29, 0.717) is 0 Å². The Morgan fingerprint density at radius 2 is 2.10 bits per heavy atom. The molecular formula is C15H17N3O2S. The van der Waals surface area contributed by atoms with Crippen LogP contribution in [0.4, 0.5) is 5.69 Å². The van der Waals surface area contributed by atoms with Crippen LogP contribution in [-0.4, -0.2) is 29.4 Å². The van der Waals surface area contributed by atoms with Crippen molar-refractivity contribution in [1.82, 2.24) is 10.3 Å². The second-order valence-electron chi connectivity index (χ2n) is 6.30. The lowest BCUT2D eigenvalue weighted by Crippen LogP contribution is -2.62. The maximum absolute atomic E-state index is 12.7. The lowest BCUT2D eigenvalue weighted by Gasteiger charge is -2.38. The maximum Gasteiger partial charge on any atom is 0.250 e. The molecule has 0 aliphatic carbocycles. The molecule has 1 N–H and O–H groups in total. The standard InChI is InChI=1S/C15H17N3O2S/c1-15(2,3)13-14(20)18(7-12(19)17-13)9-4-5-10-11(6-9)21-8-16-10/h4-6,8,13H,7H2,1-3H3,(H,17,19). The minimum absolute atomic E-state index is 0.0639. The molecule has 5 nitrogen and oxygen atoms in total. The van der Waals surface area contributed by atoms with Crippen molar-refractivity contribution in [3.8, 4) is 0 Å². The molecule has 1 aliphatic rings. The number of carbonyl (C=O) groups is 2. The van der Waals surface area contributed by atoms with E-state index in [1.807, 2.05) is 39.0 Å². The number of rotatable bonds is 1. The fourth-order valence-corrected chi connectivity index (χ4v) is 3.17. The topological polar surface area (TPSA) is 62.3 Å². The number of nitrogens with zero attached hydrogens (tertiary/aromatic N) is 2. The molecule has 0 bridgehead atoms. The summed E-state index contributed by atoms with van der Waals surface area (Å²) in [5.74, 6) is -0.190. The number of carbonyl (C=O) groups excluding carboxylic acids is 2. The van der Waals surface area contributed by atoms with Gasteiger partial charge in [0.25, 0.3) is 5.91 Å². The molecule has 0 spiro atoms. The number of hydrogen-bond donors (Lipinski definition) is 1. The van der Waals surface area contributed by atoms with Gasteiger partial charge in [-0.1, -0.05) is 20.8 Å². The van der Waals surface area contributed by atoms with E-state index in [2.05, 4.69) is 10.3 Å². The fourth-order valence-electron chi connectivity index (χ4n) is 2.46. The Kier molecular flexibility index (Phi) is 3.20.